The fourth-order valence-corrected chi connectivity index (χ4v) is 3.46. The molecule has 0 atom stereocenters. The summed E-state index contributed by atoms with van der Waals surface area (Å²) in [6, 6.07) is 26.4. The monoisotopic (exact) mass is 374 g/mol. The molecule has 0 aliphatic carbocycles. The molecule has 1 heterocycles. The molecule has 0 aliphatic rings. The van der Waals surface area contributed by atoms with Crippen LogP contribution >= 0.6 is 11.8 Å². The lowest BCUT2D eigenvalue weighted by Gasteiger charge is -2.08. The second-order valence-corrected chi connectivity index (χ2v) is 7.14. The van der Waals surface area contributed by atoms with Gasteiger partial charge in [0.1, 0.15) is 30.0 Å². The third kappa shape index (κ3) is 4.33. The smallest absolute Gasteiger partial charge is 0.147 e. The highest BCUT2D eigenvalue weighted by Crippen LogP contribution is 2.28. The molecule has 4 nitrogen and oxygen atoms in total. The van der Waals surface area contributed by atoms with Crippen LogP contribution in [0.4, 0.5) is 5.69 Å². The summed E-state index contributed by atoms with van der Waals surface area (Å²) in [4.78, 5) is 2.44. The third-order valence-corrected chi connectivity index (χ3v) is 5.05. The van der Waals surface area contributed by atoms with Gasteiger partial charge in [-0.25, -0.2) is 0 Å². The Labute approximate surface area is 162 Å². The lowest BCUT2D eigenvalue weighted by atomic mass is 10.1. The topological polar surface area (TPSA) is 61.3 Å². The van der Waals surface area contributed by atoms with Crippen LogP contribution in [0, 0.1) is 0 Å². The molecule has 4 aromatic rings. The molecule has 0 amide bonds. The van der Waals surface area contributed by atoms with Gasteiger partial charge >= 0.3 is 0 Å². The van der Waals surface area contributed by atoms with Crippen molar-refractivity contribution >= 4 is 17.4 Å². The highest BCUT2D eigenvalue weighted by molar-refractivity contribution is 7.99. The predicted molar refractivity (Wildman–Crippen MR) is 108 cm³/mol. The minimum atomic E-state index is 0.516. The zero-order chi connectivity index (χ0) is 18.5. The second kappa shape index (κ2) is 8.01. The zero-order valence-corrected chi connectivity index (χ0v) is 15.4. The number of ether oxygens (including phenoxy) is 1. The molecule has 27 heavy (non-hydrogen) atoms. The summed E-state index contributed by atoms with van der Waals surface area (Å²) in [5, 5.41) is 3.90. The lowest BCUT2D eigenvalue weighted by Crippen LogP contribution is -1.95. The first-order valence-corrected chi connectivity index (χ1v) is 9.34. The molecule has 4 rings (SSSR count). The van der Waals surface area contributed by atoms with Crippen molar-refractivity contribution in [2.75, 3.05) is 5.73 Å². The molecule has 134 valence electrons. The highest BCUT2D eigenvalue weighted by atomic mass is 32.2. The summed E-state index contributed by atoms with van der Waals surface area (Å²) in [6.45, 7) is 0.516. The Balaban J connectivity index is 1.35. The van der Waals surface area contributed by atoms with Crippen LogP contribution in [0.25, 0.3) is 11.3 Å². The normalized spacial score (nSPS) is 10.7. The van der Waals surface area contributed by atoms with Gasteiger partial charge in [0.25, 0.3) is 0 Å². The Kier molecular flexibility index (Phi) is 5.12. The van der Waals surface area contributed by atoms with E-state index in [1.165, 1.54) is 16.1 Å². The van der Waals surface area contributed by atoms with Crippen LogP contribution in [0.15, 0.2) is 99.4 Å². The summed E-state index contributed by atoms with van der Waals surface area (Å²) in [5.41, 5.74) is 9.01. The minimum Gasteiger partial charge on any atom is -0.489 e. The Bertz CT molecular complexity index is 997. The van der Waals surface area contributed by atoms with Crippen molar-refractivity contribution < 1.29 is 9.26 Å². The Morgan fingerprint density at radius 1 is 0.852 bits per heavy atom. The average Bonchev–Trinajstić information content (AvgIpc) is 3.15. The number of anilines is 1. The van der Waals surface area contributed by atoms with Crippen molar-refractivity contribution in [1.29, 1.82) is 0 Å². The second-order valence-electron chi connectivity index (χ2n) is 5.99. The van der Waals surface area contributed by atoms with E-state index < -0.39 is 0 Å². The molecule has 2 N–H and O–H groups in total. The summed E-state index contributed by atoms with van der Waals surface area (Å²) in [7, 11) is 0. The van der Waals surface area contributed by atoms with Crippen molar-refractivity contribution in [2.45, 2.75) is 16.4 Å². The largest absolute Gasteiger partial charge is 0.489 e. The van der Waals surface area contributed by atoms with Gasteiger partial charge in [-0.3, -0.25) is 0 Å². The van der Waals surface area contributed by atoms with Crippen LogP contribution in [0.2, 0.25) is 0 Å². The van der Waals surface area contributed by atoms with E-state index in [9.17, 15) is 0 Å². The molecule has 0 spiro atoms. The summed E-state index contributed by atoms with van der Waals surface area (Å²) < 4.78 is 10.7. The fourth-order valence-electron chi connectivity index (χ4n) is 2.62. The molecule has 3 aromatic carbocycles. The van der Waals surface area contributed by atoms with Crippen molar-refractivity contribution in [3.8, 4) is 17.0 Å². The van der Waals surface area contributed by atoms with Crippen LogP contribution in [0.3, 0.4) is 0 Å². The van der Waals surface area contributed by atoms with Crippen LogP contribution < -0.4 is 10.5 Å². The van der Waals surface area contributed by atoms with E-state index in [2.05, 4.69) is 41.6 Å². The molecule has 0 radical (unpaired) electrons. The molecule has 0 bridgehead atoms. The maximum Gasteiger partial charge on any atom is 0.147 e. The van der Waals surface area contributed by atoms with Crippen LogP contribution in [-0.2, 0) is 6.61 Å². The molecule has 0 unspecified atom stereocenters. The number of rotatable bonds is 6. The molecule has 0 aliphatic heterocycles. The molecule has 0 saturated carbocycles. The van der Waals surface area contributed by atoms with E-state index in [0.717, 1.165) is 16.9 Å². The first kappa shape index (κ1) is 17.2. The standard InChI is InChI=1S/C22H18N2O2S/c23-21-15-26-24-22(21)17-8-10-18(11-9-17)25-14-16-6-12-20(13-7-16)27-19-4-2-1-3-5-19/h1-13,15H,14,23H2. The van der Waals surface area contributed by atoms with Gasteiger partial charge in [-0.2, -0.15) is 0 Å². The number of nitrogens with zero attached hydrogens (tertiary/aromatic N) is 1. The molecule has 0 saturated heterocycles. The van der Waals surface area contributed by atoms with Gasteiger partial charge in [0.15, 0.2) is 0 Å². The van der Waals surface area contributed by atoms with E-state index in [0.29, 0.717) is 18.0 Å². The minimum absolute atomic E-state index is 0.516. The van der Waals surface area contributed by atoms with E-state index in [1.807, 2.05) is 42.5 Å². The van der Waals surface area contributed by atoms with Gasteiger partial charge in [-0.05, 0) is 54.1 Å². The Morgan fingerprint density at radius 2 is 1.56 bits per heavy atom. The van der Waals surface area contributed by atoms with E-state index in [4.69, 9.17) is 15.0 Å². The SMILES string of the molecule is Nc1conc1-c1ccc(OCc2ccc(Sc3ccccc3)cc2)cc1. The predicted octanol–water partition coefficient (Wildman–Crippen LogP) is 5.65. The van der Waals surface area contributed by atoms with Crippen molar-refractivity contribution in [2.24, 2.45) is 0 Å². The van der Waals surface area contributed by atoms with E-state index in [1.54, 1.807) is 11.8 Å². The first-order valence-electron chi connectivity index (χ1n) is 8.53. The number of hydrogen-bond acceptors (Lipinski definition) is 5. The number of nitrogens with two attached hydrogens (primary N) is 1. The quantitative estimate of drug-likeness (QED) is 0.472. The molecule has 0 fully saturated rings. The number of benzene rings is 3. The molecule has 1 aromatic heterocycles. The molecular weight excluding hydrogens is 356 g/mol. The van der Waals surface area contributed by atoms with Gasteiger partial charge in [0.2, 0.25) is 0 Å². The van der Waals surface area contributed by atoms with Gasteiger partial charge in [0, 0.05) is 15.4 Å². The zero-order valence-electron chi connectivity index (χ0n) is 14.5. The van der Waals surface area contributed by atoms with Crippen molar-refractivity contribution in [3.05, 3.63) is 90.7 Å². The maximum absolute atomic E-state index is 5.87. The highest BCUT2D eigenvalue weighted by Gasteiger charge is 2.07. The van der Waals surface area contributed by atoms with Gasteiger partial charge in [-0.15, -0.1) is 0 Å². The van der Waals surface area contributed by atoms with Crippen LogP contribution in [0.1, 0.15) is 5.56 Å². The summed E-state index contributed by atoms with van der Waals surface area (Å²) >= 11 is 1.75. The van der Waals surface area contributed by atoms with Gasteiger partial charge < -0.3 is 15.0 Å². The van der Waals surface area contributed by atoms with Crippen molar-refractivity contribution in [3.63, 3.8) is 0 Å². The van der Waals surface area contributed by atoms with Crippen LogP contribution in [0.5, 0.6) is 5.75 Å². The molecule has 5 heteroatoms. The maximum atomic E-state index is 5.87. The van der Waals surface area contributed by atoms with Gasteiger partial charge in [-0.1, -0.05) is 47.3 Å². The lowest BCUT2D eigenvalue weighted by molar-refractivity contribution is 0.306. The fraction of sp³-hybridized carbons (Fsp3) is 0.0455. The third-order valence-electron chi connectivity index (χ3n) is 4.03. The van der Waals surface area contributed by atoms with Crippen molar-refractivity contribution in [1.82, 2.24) is 5.16 Å². The number of nitrogen functional groups attached to an aromatic ring is 1. The first-order chi connectivity index (χ1) is 13.3. The van der Waals surface area contributed by atoms with E-state index >= 15 is 0 Å². The Hall–Kier alpha value is -3.18. The number of aromatic nitrogens is 1. The summed E-state index contributed by atoms with van der Waals surface area (Å²) in [6.07, 6.45) is 1.43. The van der Waals surface area contributed by atoms with Crippen LogP contribution in [-0.4, -0.2) is 5.16 Å². The Morgan fingerprint density at radius 3 is 2.22 bits per heavy atom. The summed E-state index contributed by atoms with van der Waals surface area (Å²) in [5.74, 6) is 0.795. The number of hydrogen-bond donors (Lipinski definition) is 1. The average molecular weight is 374 g/mol. The molecular formula is C22H18N2O2S. The van der Waals surface area contributed by atoms with Gasteiger partial charge in [0.05, 0.1) is 0 Å². The van der Waals surface area contributed by atoms with E-state index in [-0.39, 0.29) is 0 Å².